The molecule has 3 aromatic heterocycles. The number of H-pyrrole nitrogens is 1. The van der Waals surface area contributed by atoms with Crippen LogP contribution in [0.2, 0.25) is 0 Å². The molecule has 3 aromatic rings. The quantitative estimate of drug-likeness (QED) is 0.800. The summed E-state index contributed by atoms with van der Waals surface area (Å²) in [5.74, 6) is 0. The van der Waals surface area contributed by atoms with E-state index in [0.29, 0.717) is 6.54 Å². The molecule has 3 heterocycles. The highest BCUT2D eigenvalue weighted by atomic mass is 16.1. The van der Waals surface area contributed by atoms with Crippen LogP contribution in [0.1, 0.15) is 25.3 Å². The number of fused-ring (bicyclic) bond motifs is 1. The van der Waals surface area contributed by atoms with Crippen molar-refractivity contribution in [1.82, 2.24) is 19.5 Å². The zero-order valence-electron chi connectivity index (χ0n) is 12.3. The lowest BCUT2D eigenvalue weighted by molar-refractivity contribution is 0.625. The first kappa shape index (κ1) is 13.5. The van der Waals surface area contributed by atoms with Crippen molar-refractivity contribution in [2.75, 3.05) is 0 Å². The van der Waals surface area contributed by atoms with E-state index < -0.39 is 0 Å². The molecule has 0 aliphatic rings. The maximum absolute atomic E-state index is 12.0. The maximum atomic E-state index is 12.0. The average molecular weight is 282 g/mol. The zero-order valence-corrected chi connectivity index (χ0v) is 12.3. The van der Waals surface area contributed by atoms with E-state index in [1.807, 2.05) is 25.4 Å². The Hall–Kier alpha value is -2.43. The lowest BCUT2D eigenvalue weighted by Gasteiger charge is -2.03. The summed E-state index contributed by atoms with van der Waals surface area (Å²) in [4.78, 5) is 23.6. The fourth-order valence-electron chi connectivity index (χ4n) is 2.44. The molecule has 0 amide bonds. The summed E-state index contributed by atoms with van der Waals surface area (Å²) < 4.78 is 1.71. The fraction of sp³-hybridized carbons (Fsp3) is 0.312. The number of nitrogens with zero attached hydrogens (tertiary/aromatic N) is 3. The molecule has 0 fully saturated rings. The van der Waals surface area contributed by atoms with Crippen molar-refractivity contribution in [2.24, 2.45) is 0 Å². The Balaban J connectivity index is 2.07. The Bertz CT molecular complexity index is 832. The molecule has 0 radical (unpaired) electrons. The number of aromatic nitrogens is 4. The third-order valence-electron chi connectivity index (χ3n) is 3.55. The number of nitrogens with one attached hydrogen (secondary N) is 1. The number of hydrogen-bond acceptors (Lipinski definition) is 3. The number of imidazole rings is 1. The van der Waals surface area contributed by atoms with Gasteiger partial charge in [0.15, 0.2) is 5.65 Å². The van der Waals surface area contributed by atoms with Gasteiger partial charge in [-0.2, -0.15) is 0 Å². The van der Waals surface area contributed by atoms with Gasteiger partial charge in [0.2, 0.25) is 0 Å². The molecular formula is C16H18N4O. The van der Waals surface area contributed by atoms with Crippen molar-refractivity contribution in [1.29, 1.82) is 0 Å². The summed E-state index contributed by atoms with van der Waals surface area (Å²) in [5.41, 5.74) is 4.47. The normalized spacial score (nSPS) is 11.1. The largest absolute Gasteiger partial charge is 0.327 e. The van der Waals surface area contributed by atoms with Crippen LogP contribution in [0, 0.1) is 6.92 Å². The number of aromatic amines is 1. The highest BCUT2D eigenvalue weighted by Gasteiger charge is 2.09. The second-order valence-corrected chi connectivity index (χ2v) is 5.28. The Labute approximate surface area is 122 Å². The van der Waals surface area contributed by atoms with Gasteiger partial charge in [-0.1, -0.05) is 13.3 Å². The van der Waals surface area contributed by atoms with E-state index in [4.69, 9.17) is 0 Å². The van der Waals surface area contributed by atoms with Crippen molar-refractivity contribution in [3.8, 4) is 11.1 Å². The first-order valence-electron chi connectivity index (χ1n) is 7.19. The smallest absolute Gasteiger partial charge is 0.304 e. The van der Waals surface area contributed by atoms with Gasteiger partial charge in [0.05, 0.1) is 5.52 Å². The summed E-state index contributed by atoms with van der Waals surface area (Å²) >= 11 is 0. The van der Waals surface area contributed by atoms with Crippen LogP contribution < -0.4 is 5.69 Å². The number of hydrogen-bond donors (Lipinski definition) is 1. The summed E-state index contributed by atoms with van der Waals surface area (Å²) in [6.45, 7) is 4.81. The van der Waals surface area contributed by atoms with Crippen molar-refractivity contribution in [3.05, 3.63) is 46.8 Å². The van der Waals surface area contributed by atoms with Gasteiger partial charge in [-0.05, 0) is 31.0 Å². The molecule has 0 aliphatic carbocycles. The van der Waals surface area contributed by atoms with E-state index >= 15 is 0 Å². The van der Waals surface area contributed by atoms with E-state index in [-0.39, 0.29) is 5.69 Å². The minimum Gasteiger partial charge on any atom is -0.304 e. The van der Waals surface area contributed by atoms with Crippen molar-refractivity contribution >= 4 is 11.2 Å². The molecule has 108 valence electrons. The topological polar surface area (TPSA) is 63.6 Å². The highest BCUT2D eigenvalue weighted by molar-refractivity contribution is 5.78. The number of unbranched alkanes of at least 4 members (excludes halogenated alkanes) is 1. The fourth-order valence-corrected chi connectivity index (χ4v) is 2.44. The maximum Gasteiger partial charge on any atom is 0.327 e. The molecule has 0 bridgehead atoms. The molecule has 3 rings (SSSR count). The Morgan fingerprint density at radius 3 is 2.76 bits per heavy atom. The molecule has 0 spiro atoms. The third kappa shape index (κ3) is 2.59. The number of pyridine rings is 2. The SMILES string of the molecule is CCCCn1c(=O)[nH]c2cc(-c3cncc(C)c3)cnc21. The molecule has 1 N–H and O–H groups in total. The minimum atomic E-state index is -0.0922. The van der Waals surface area contributed by atoms with Crippen LogP contribution in [0.4, 0.5) is 0 Å². The van der Waals surface area contributed by atoms with Crippen molar-refractivity contribution in [2.45, 2.75) is 33.2 Å². The summed E-state index contributed by atoms with van der Waals surface area (Å²) in [6, 6.07) is 4.02. The van der Waals surface area contributed by atoms with Crippen LogP contribution in [-0.2, 0) is 6.54 Å². The number of rotatable bonds is 4. The first-order valence-corrected chi connectivity index (χ1v) is 7.19. The van der Waals surface area contributed by atoms with Crippen LogP contribution >= 0.6 is 0 Å². The number of aryl methyl sites for hydroxylation is 2. The predicted octanol–water partition coefficient (Wildman–Crippen LogP) is 2.90. The molecule has 0 aliphatic heterocycles. The highest BCUT2D eigenvalue weighted by Crippen LogP contribution is 2.21. The van der Waals surface area contributed by atoms with Gasteiger partial charge in [-0.3, -0.25) is 9.55 Å². The zero-order chi connectivity index (χ0) is 14.8. The molecule has 0 saturated carbocycles. The van der Waals surface area contributed by atoms with E-state index in [9.17, 15) is 4.79 Å². The van der Waals surface area contributed by atoms with Crippen molar-refractivity contribution < 1.29 is 0 Å². The van der Waals surface area contributed by atoms with Gasteiger partial charge in [-0.25, -0.2) is 9.78 Å². The average Bonchev–Trinajstić information content (AvgIpc) is 2.79. The van der Waals surface area contributed by atoms with Gasteiger partial charge < -0.3 is 4.98 Å². The van der Waals surface area contributed by atoms with Gasteiger partial charge in [0, 0.05) is 36.3 Å². The molecule has 0 atom stereocenters. The Morgan fingerprint density at radius 1 is 1.19 bits per heavy atom. The molecular weight excluding hydrogens is 264 g/mol. The molecule has 0 unspecified atom stereocenters. The second-order valence-electron chi connectivity index (χ2n) is 5.28. The summed E-state index contributed by atoms with van der Waals surface area (Å²) in [6.07, 6.45) is 7.44. The standard InChI is InChI=1S/C16H18N4O/c1-3-4-5-20-15-14(19-16(20)21)7-13(10-18-15)12-6-11(2)8-17-9-12/h6-10H,3-5H2,1-2H3,(H,19,21). The second kappa shape index (κ2) is 5.52. The van der Waals surface area contributed by atoms with Crippen molar-refractivity contribution in [3.63, 3.8) is 0 Å². The van der Waals surface area contributed by atoms with Gasteiger partial charge in [-0.15, -0.1) is 0 Å². The third-order valence-corrected chi connectivity index (χ3v) is 3.55. The molecule has 5 nitrogen and oxygen atoms in total. The molecule has 21 heavy (non-hydrogen) atoms. The monoisotopic (exact) mass is 282 g/mol. The first-order chi connectivity index (χ1) is 10.2. The Kier molecular flexibility index (Phi) is 3.56. The van der Waals surface area contributed by atoms with Gasteiger partial charge in [0.1, 0.15) is 0 Å². The van der Waals surface area contributed by atoms with E-state index in [1.54, 1.807) is 10.8 Å². The van der Waals surface area contributed by atoms with E-state index in [0.717, 1.165) is 40.7 Å². The van der Waals surface area contributed by atoms with Crippen LogP contribution in [-0.4, -0.2) is 19.5 Å². The van der Waals surface area contributed by atoms with E-state index in [2.05, 4.69) is 27.9 Å². The molecule has 5 heteroatoms. The van der Waals surface area contributed by atoms with Gasteiger partial charge in [0.25, 0.3) is 0 Å². The van der Waals surface area contributed by atoms with Crippen LogP contribution in [0.3, 0.4) is 0 Å². The molecule has 0 aromatic carbocycles. The predicted molar refractivity (Wildman–Crippen MR) is 83.2 cm³/mol. The Morgan fingerprint density at radius 2 is 2.00 bits per heavy atom. The van der Waals surface area contributed by atoms with Crippen LogP contribution in [0.15, 0.2) is 35.5 Å². The molecule has 0 saturated heterocycles. The lowest BCUT2D eigenvalue weighted by atomic mass is 10.1. The van der Waals surface area contributed by atoms with Crippen LogP contribution in [0.25, 0.3) is 22.3 Å². The summed E-state index contributed by atoms with van der Waals surface area (Å²) in [5, 5.41) is 0. The summed E-state index contributed by atoms with van der Waals surface area (Å²) in [7, 11) is 0. The lowest BCUT2D eigenvalue weighted by Crippen LogP contribution is -2.16. The van der Waals surface area contributed by atoms with Crippen LogP contribution in [0.5, 0.6) is 0 Å². The van der Waals surface area contributed by atoms with E-state index in [1.165, 1.54) is 0 Å². The van der Waals surface area contributed by atoms with Gasteiger partial charge >= 0.3 is 5.69 Å². The minimum absolute atomic E-state index is 0.0922.